The molecule has 0 bridgehead atoms. The van der Waals surface area contributed by atoms with Crippen LogP contribution in [-0.2, 0) is 10.6 Å². The number of rotatable bonds is 4. The number of benzene rings is 1. The first kappa shape index (κ1) is 20.8. The minimum atomic E-state index is -4.44. The predicted molar refractivity (Wildman–Crippen MR) is 92.1 cm³/mol. The van der Waals surface area contributed by atoms with Crippen molar-refractivity contribution in [1.29, 1.82) is 0 Å². The maximum absolute atomic E-state index is 12.9. The molecule has 0 saturated heterocycles. The van der Waals surface area contributed by atoms with Crippen LogP contribution in [0.25, 0.3) is 0 Å². The van der Waals surface area contributed by atoms with Crippen molar-refractivity contribution < 1.29 is 22.7 Å². The molecule has 0 unspecified atom stereocenters. The molecule has 0 fully saturated rings. The van der Waals surface area contributed by atoms with Crippen molar-refractivity contribution in [2.75, 3.05) is 6.61 Å². The molecule has 0 aliphatic carbocycles. The Hall–Kier alpha value is -1.29. The zero-order valence-corrected chi connectivity index (χ0v) is 15.8. The first-order valence-corrected chi connectivity index (χ1v) is 10.7. The lowest BCUT2D eigenvalue weighted by Gasteiger charge is -2.36. The molecule has 6 heteroatoms. The highest BCUT2D eigenvalue weighted by atomic mass is 28.4. The summed E-state index contributed by atoms with van der Waals surface area (Å²) in [6.45, 7) is 10.6. The van der Waals surface area contributed by atoms with Gasteiger partial charge in [-0.3, -0.25) is 0 Å². The van der Waals surface area contributed by atoms with E-state index in [0.717, 1.165) is 6.07 Å². The average molecular weight is 358 g/mol. The van der Waals surface area contributed by atoms with Crippen LogP contribution >= 0.6 is 0 Å². The highest BCUT2D eigenvalue weighted by Gasteiger charge is 2.37. The third-order valence-electron chi connectivity index (χ3n) is 4.24. The smallest absolute Gasteiger partial charge is 0.414 e. The van der Waals surface area contributed by atoms with E-state index in [9.17, 15) is 18.3 Å². The average Bonchev–Trinajstić information content (AvgIpc) is 2.43. The molecule has 134 valence electrons. The summed E-state index contributed by atoms with van der Waals surface area (Å²) < 4.78 is 44.5. The Morgan fingerprint density at radius 3 is 2.29 bits per heavy atom. The van der Waals surface area contributed by atoms with E-state index in [0.29, 0.717) is 0 Å². The van der Waals surface area contributed by atoms with Crippen LogP contribution in [0.15, 0.2) is 24.3 Å². The Balaban J connectivity index is 2.68. The molecule has 1 atom stereocenters. The minimum absolute atomic E-state index is 0.0318. The van der Waals surface area contributed by atoms with Crippen LogP contribution in [0, 0.1) is 11.8 Å². The molecular weight excluding hydrogens is 333 g/mol. The zero-order chi connectivity index (χ0) is 18.6. The van der Waals surface area contributed by atoms with Crippen LogP contribution < -0.4 is 0 Å². The number of alkyl halides is 3. The number of hydrogen-bond acceptors (Lipinski definition) is 2. The predicted octanol–water partition coefficient (Wildman–Crippen LogP) is 4.83. The van der Waals surface area contributed by atoms with E-state index in [1.165, 1.54) is 18.2 Å². The van der Waals surface area contributed by atoms with Gasteiger partial charge in [-0.2, -0.15) is 13.2 Å². The van der Waals surface area contributed by atoms with Gasteiger partial charge in [0.15, 0.2) is 8.32 Å². The molecule has 24 heavy (non-hydrogen) atoms. The second-order valence-electron chi connectivity index (χ2n) is 7.27. The van der Waals surface area contributed by atoms with Gasteiger partial charge in [0.05, 0.1) is 18.3 Å². The molecule has 0 radical (unpaired) electrons. The van der Waals surface area contributed by atoms with Crippen molar-refractivity contribution in [3.05, 3.63) is 35.4 Å². The Morgan fingerprint density at radius 2 is 1.75 bits per heavy atom. The van der Waals surface area contributed by atoms with Gasteiger partial charge >= 0.3 is 6.18 Å². The molecule has 0 saturated carbocycles. The molecule has 1 aromatic rings. The Morgan fingerprint density at radius 1 is 1.17 bits per heavy atom. The van der Waals surface area contributed by atoms with Gasteiger partial charge in [0.1, 0.15) is 0 Å². The number of hydrogen-bond donors (Lipinski definition) is 1. The second kappa shape index (κ2) is 7.73. The van der Waals surface area contributed by atoms with E-state index >= 15 is 0 Å². The van der Waals surface area contributed by atoms with Crippen LogP contribution in [0.2, 0.25) is 18.1 Å². The highest BCUT2D eigenvalue weighted by molar-refractivity contribution is 6.74. The SMILES string of the molecule is CC(C)(C)[Si](C)(C)OC[C@@H](O)CC#Cc1ccccc1C(F)(F)F. The summed E-state index contributed by atoms with van der Waals surface area (Å²) in [4.78, 5) is 0. The lowest BCUT2D eigenvalue weighted by atomic mass is 10.1. The van der Waals surface area contributed by atoms with Gasteiger partial charge in [0, 0.05) is 12.0 Å². The van der Waals surface area contributed by atoms with Crippen molar-refractivity contribution >= 4 is 8.32 Å². The molecule has 1 aromatic carbocycles. The summed E-state index contributed by atoms with van der Waals surface area (Å²) in [6.07, 6.45) is -5.18. The summed E-state index contributed by atoms with van der Waals surface area (Å²) in [6, 6.07) is 5.17. The van der Waals surface area contributed by atoms with Crippen molar-refractivity contribution in [3.8, 4) is 11.8 Å². The number of aliphatic hydroxyl groups excluding tert-OH is 1. The third kappa shape index (κ3) is 5.97. The maximum Gasteiger partial charge on any atom is 0.417 e. The summed E-state index contributed by atoms with van der Waals surface area (Å²) in [5, 5.41) is 9.99. The highest BCUT2D eigenvalue weighted by Crippen LogP contribution is 2.36. The van der Waals surface area contributed by atoms with E-state index < -0.39 is 26.2 Å². The van der Waals surface area contributed by atoms with Crippen molar-refractivity contribution in [1.82, 2.24) is 0 Å². The third-order valence-corrected chi connectivity index (χ3v) is 8.74. The molecule has 0 aromatic heterocycles. The van der Waals surface area contributed by atoms with E-state index in [1.807, 2.05) is 0 Å². The van der Waals surface area contributed by atoms with E-state index in [-0.39, 0.29) is 23.6 Å². The van der Waals surface area contributed by atoms with Gasteiger partial charge in [-0.1, -0.05) is 44.7 Å². The largest absolute Gasteiger partial charge is 0.417 e. The zero-order valence-electron chi connectivity index (χ0n) is 14.8. The van der Waals surface area contributed by atoms with Crippen LogP contribution in [0.1, 0.15) is 38.3 Å². The molecule has 0 aliphatic rings. The fourth-order valence-electron chi connectivity index (χ4n) is 1.68. The molecule has 2 nitrogen and oxygen atoms in total. The van der Waals surface area contributed by atoms with E-state index in [2.05, 4.69) is 45.7 Å². The summed E-state index contributed by atoms with van der Waals surface area (Å²) in [5.74, 6) is 5.13. The maximum atomic E-state index is 12.9. The van der Waals surface area contributed by atoms with Gasteiger partial charge in [0.2, 0.25) is 0 Å². The summed E-state index contributed by atoms with van der Waals surface area (Å²) >= 11 is 0. The fraction of sp³-hybridized carbons (Fsp3) is 0.556. The normalized spacial score (nSPS) is 14.0. The molecular formula is C18H25F3O2Si. The Bertz CT molecular complexity index is 607. The summed E-state index contributed by atoms with van der Waals surface area (Å²) in [7, 11) is -1.96. The van der Waals surface area contributed by atoms with Crippen LogP contribution in [0.5, 0.6) is 0 Å². The van der Waals surface area contributed by atoms with Gasteiger partial charge in [-0.05, 0) is 30.3 Å². The lowest BCUT2D eigenvalue weighted by Crippen LogP contribution is -2.42. The van der Waals surface area contributed by atoms with Gasteiger partial charge < -0.3 is 9.53 Å². The van der Waals surface area contributed by atoms with E-state index in [1.54, 1.807) is 0 Å². The monoisotopic (exact) mass is 358 g/mol. The van der Waals surface area contributed by atoms with Crippen LogP contribution in [0.4, 0.5) is 13.2 Å². The molecule has 0 spiro atoms. The Kier molecular flexibility index (Phi) is 6.68. The summed E-state index contributed by atoms with van der Waals surface area (Å²) in [5.41, 5.74) is -0.841. The minimum Gasteiger partial charge on any atom is -0.414 e. The van der Waals surface area contributed by atoms with Crippen LogP contribution in [-0.4, -0.2) is 26.1 Å². The first-order valence-electron chi connectivity index (χ1n) is 7.82. The second-order valence-corrected chi connectivity index (χ2v) is 12.1. The lowest BCUT2D eigenvalue weighted by molar-refractivity contribution is -0.137. The molecule has 1 rings (SSSR count). The van der Waals surface area contributed by atoms with Crippen molar-refractivity contribution in [2.45, 2.75) is 57.6 Å². The van der Waals surface area contributed by atoms with E-state index in [4.69, 9.17) is 4.43 Å². The fourth-order valence-corrected chi connectivity index (χ4v) is 2.73. The number of aliphatic hydroxyl groups is 1. The standard InChI is InChI=1S/C18H25F3O2Si/c1-17(2,3)24(4,5)23-13-15(22)11-8-10-14-9-6-7-12-16(14)18(19,20)21/h6-7,9,12,15,22H,11,13H2,1-5H3/t15-/m0/s1. The van der Waals surface area contributed by atoms with Gasteiger partial charge in [-0.25, -0.2) is 0 Å². The van der Waals surface area contributed by atoms with Gasteiger partial charge in [0.25, 0.3) is 0 Å². The molecule has 0 aliphatic heterocycles. The van der Waals surface area contributed by atoms with Crippen LogP contribution in [0.3, 0.4) is 0 Å². The van der Waals surface area contributed by atoms with Crippen molar-refractivity contribution in [2.24, 2.45) is 0 Å². The first-order chi connectivity index (χ1) is 10.8. The molecule has 1 N–H and O–H groups in total. The topological polar surface area (TPSA) is 29.5 Å². The molecule has 0 heterocycles. The number of halogens is 3. The quantitative estimate of drug-likeness (QED) is 0.617. The van der Waals surface area contributed by atoms with Crippen molar-refractivity contribution in [3.63, 3.8) is 0 Å². The Labute approximate surface area is 143 Å². The molecule has 0 amide bonds. The van der Waals surface area contributed by atoms with Gasteiger partial charge in [-0.15, -0.1) is 0 Å².